The first-order valence-electron chi connectivity index (χ1n) is 6.40. The van der Waals surface area contributed by atoms with E-state index < -0.39 is 0 Å². The summed E-state index contributed by atoms with van der Waals surface area (Å²) in [5.41, 5.74) is 1.57. The van der Waals surface area contributed by atoms with Crippen molar-refractivity contribution in [3.8, 4) is 11.8 Å². The highest BCUT2D eigenvalue weighted by molar-refractivity contribution is 7.99. The average molecular weight is 279 g/mol. The number of hydrogen-bond acceptors (Lipinski definition) is 3. The van der Waals surface area contributed by atoms with E-state index in [1.165, 1.54) is 6.07 Å². The van der Waals surface area contributed by atoms with E-state index in [0.29, 0.717) is 11.6 Å². The average Bonchev–Trinajstić information content (AvgIpc) is 2.38. The van der Waals surface area contributed by atoms with E-state index >= 15 is 0 Å². The van der Waals surface area contributed by atoms with Gasteiger partial charge in [-0.15, -0.1) is 0 Å². The summed E-state index contributed by atoms with van der Waals surface area (Å²) >= 11 is 1.97. The molecule has 1 fully saturated rings. The Labute approximate surface area is 118 Å². The molecule has 2 rings (SSSR count). The topological polar surface area (TPSA) is 23.5 Å². The Morgan fingerprint density at radius 3 is 3.05 bits per heavy atom. The molecule has 0 bridgehead atoms. The molecule has 19 heavy (non-hydrogen) atoms. The van der Waals surface area contributed by atoms with Gasteiger partial charge in [-0.25, -0.2) is 4.39 Å². The van der Waals surface area contributed by atoms with Gasteiger partial charge in [0.15, 0.2) is 0 Å². The molecule has 0 aromatic heterocycles. The number of thioether (sulfide) groups is 1. The summed E-state index contributed by atoms with van der Waals surface area (Å²) in [4.78, 5) is 2.37. The quantitative estimate of drug-likeness (QED) is 0.839. The van der Waals surface area contributed by atoms with Crippen molar-refractivity contribution in [1.29, 1.82) is 0 Å². The molecule has 0 aliphatic carbocycles. The van der Waals surface area contributed by atoms with E-state index in [1.807, 2.05) is 17.8 Å². The highest BCUT2D eigenvalue weighted by Gasteiger charge is 2.18. The zero-order chi connectivity index (χ0) is 13.7. The second-order valence-corrected chi connectivity index (χ2v) is 5.85. The zero-order valence-electron chi connectivity index (χ0n) is 11.0. The van der Waals surface area contributed by atoms with Crippen LogP contribution in [0, 0.1) is 17.7 Å². The maximum Gasteiger partial charge on any atom is 0.124 e. The van der Waals surface area contributed by atoms with E-state index in [1.54, 1.807) is 6.07 Å². The number of hydrogen-bond donors (Lipinski definition) is 1. The van der Waals surface area contributed by atoms with Crippen LogP contribution in [-0.2, 0) is 6.54 Å². The smallest absolute Gasteiger partial charge is 0.124 e. The summed E-state index contributed by atoms with van der Waals surface area (Å²) in [6.45, 7) is 3.80. The van der Waals surface area contributed by atoms with Gasteiger partial charge in [0.25, 0.3) is 0 Å². The minimum absolute atomic E-state index is 0.202. The second-order valence-electron chi connectivity index (χ2n) is 4.70. The highest BCUT2D eigenvalue weighted by Crippen LogP contribution is 2.19. The van der Waals surface area contributed by atoms with Crippen molar-refractivity contribution < 1.29 is 9.50 Å². The molecule has 2 nitrogen and oxygen atoms in total. The molecular formula is C15H18FNOS. The Morgan fingerprint density at radius 1 is 1.47 bits per heavy atom. The molecule has 1 aromatic rings. The summed E-state index contributed by atoms with van der Waals surface area (Å²) in [6.07, 6.45) is 0. The predicted molar refractivity (Wildman–Crippen MR) is 77.6 cm³/mol. The molecular weight excluding hydrogens is 261 g/mol. The maximum atomic E-state index is 13.6. The van der Waals surface area contributed by atoms with Gasteiger partial charge in [-0.1, -0.05) is 11.8 Å². The fourth-order valence-electron chi connectivity index (χ4n) is 2.19. The van der Waals surface area contributed by atoms with Crippen LogP contribution in [0.1, 0.15) is 18.1 Å². The van der Waals surface area contributed by atoms with E-state index in [9.17, 15) is 4.39 Å². The lowest BCUT2D eigenvalue weighted by atomic mass is 10.1. The minimum Gasteiger partial charge on any atom is -0.384 e. The third kappa shape index (κ3) is 4.24. The maximum absolute atomic E-state index is 13.6. The van der Waals surface area contributed by atoms with Crippen LogP contribution in [0.2, 0.25) is 0 Å². The van der Waals surface area contributed by atoms with Gasteiger partial charge in [-0.2, -0.15) is 11.8 Å². The lowest BCUT2D eigenvalue weighted by molar-refractivity contribution is 0.223. The van der Waals surface area contributed by atoms with Crippen molar-refractivity contribution in [1.82, 2.24) is 4.90 Å². The molecule has 1 aromatic carbocycles. The first-order chi connectivity index (χ1) is 9.19. The Bertz CT molecular complexity index is 495. The lowest BCUT2D eigenvalue weighted by Crippen LogP contribution is -2.39. The van der Waals surface area contributed by atoms with Gasteiger partial charge in [-0.05, 0) is 30.7 Å². The largest absolute Gasteiger partial charge is 0.384 e. The summed E-state index contributed by atoms with van der Waals surface area (Å²) in [7, 11) is 0. The van der Waals surface area contributed by atoms with Crippen LogP contribution in [0.3, 0.4) is 0 Å². The molecule has 1 unspecified atom stereocenters. The van der Waals surface area contributed by atoms with E-state index in [2.05, 4.69) is 23.7 Å². The molecule has 1 aliphatic heterocycles. The fourth-order valence-corrected chi connectivity index (χ4v) is 3.27. The molecule has 0 radical (unpaired) electrons. The van der Waals surface area contributed by atoms with Crippen LogP contribution in [0.4, 0.5) is 4.39 Å². The third-order valence-corrected chi connectivity index (χ3v) is 4.35. The van der Waals surface area contributed by atoms with Crippen molar-refractivity contribution in [2.24, 2.45) is 0 Å². The Balaban J connectivity index is 2.13. The summed E-state index contributed by atoms with van der Waals surface area (Å²) in [6, 6.07) is 5.40. The number of nitrogens with zero attached hydrogens (tertiary/aromatic N) is 1. The summed E-state index contributed by atoms with van der Waals surface area (Å²) in [5, 5.41) is 8.68. The Kier molecular flexibility index (Phi) is 5.26. The van der Waals surface area contributed by atoms with Gasteiger partial charge in [0.05, 0.1) is 0 Å². The summed E-state index contributed by atoms with van der Waals surface area (Å²) in [5.74, 6) is 7.32. The van der Waals surface area contributed by atoms with Gasteiger partial charge >= 0.3 is 0 Å². The number of rotatable bonds is 2. The first kappa shape index (κ1) is 14.4. The molecule has 1 aliphatic rings. The van der Waals surface area contributed by atoms with Crippen LogP contribution in [0.15, 0.2) is 18.2 Å². The molecule has 0 amide bonds. The van der Waals surface area contributed by atoms with E-state index in [4.69, 9.17) is 5.11 Å². The Morgan fingerprint density at radius 2 is 2.32 bits per heavy atom. The normalized spacial score (nSPS) is 19.8. The van der Waals surface area contributed by atoms with Crippen molar-refractivity contribution in [3.63, 3.8) is 0 Å². The van der Waals surface area contributed by atoms with Crippen molar-refractivity contribution in [2.45, 2.75) is 19.5 Å². The summed E-state index contributed by atoms with van der Waals surface area (Å²) < 4.78 is 13.6. The van der Waals surface area contributed by atoms with Gasteiger partial charge in [0.1, 0.15) is 12.4 Å². The van der Waals surface area contributed by atoms with Crippen molar-refractivity contribution in [3.05, 3.63) is 35.1 Å². The highest BCUT2D eigenvalue weighted by atomic mass is 32.2. The first-order valence-corrected chi connectivity index (χ1v) is 7.55. The molecule has 1 atom stereocenters. The van der Waals surface area contributed by atoms with Crippen LogP contribution in [0.5, 0.6) is 0 Å². The van der Waals surface area contributed by atoms with Crippen molar-refractivity contribution >= 4 is 11.8 Å². The number of benzene rings is 1. The molecule has 1 heterocycles. The third-order valence-electron chi connectivity index (χ3n) is 3.16. The number of aliphatic hydroxyl groups is 1. The fraction of sp³-hybridized carbons (Fsp3) is 0.467. The van der Waals surface area contributed by atoms with Gasteiger partial charge in [0, 0.05) is 36.2 Å². The standard InChI is InChI=1S/C15H18FNOS/c1-12-11-19-6-4-17(12)10-14-7-13(3-2-5-18)8-15(16)9-14/h7-9,12,18H,4-6,10-11H2,1H3. The molecule has 102 valence electrons. The predicted octanol–water partition coefficient (Wildman–Crippen LogP) is 2.11. The van der Waals surface area contributed by atoms with Crippen LogP contribution < -0.4 is 0 Å². The molecule has 1 saturated heterocycles. The van der Waals surface area contributed by atoms with Crippen LogP contribution in [-0.4, -0.2) is 40.7 Å². The number of aliphatic hydroxyl groups excluding tert-OH is 1. The van der Waals surface area contributed by atoms with Gasteiger partial charge < -0.3 is 5.11 Å². The number of halogens is 1. The Hall–Kier alpha value is -1.02. The van der Waals surface area contributed by atoms with Crippen molar-refractivity contribution in [2.75, 3.05) is 24.7 Å². The molecule has 4 heteroatoms. The van der Waals surface area contributed by atoms with Crippen LogP contribution >= 0.6 is 11.8 Å². The molecule has 1 N–H and O–H groups in total. The minimum atomic E-state index is -0.265. The molecule has 0 saturated carbocycles. The van der Waals surface area contributed by atoms with E-state index in [0.717, 1.165) is 30.2 Å². The monoisotopic (exact) mass is 279 g/mol. The lowest BCUT2D eigenvalue weighted by Gasteiger charge is -2.33. The molecule has 0 spiro atoms. The van der Waals surface area contributed by atoms with E-state index in [-0.39, 0.29) is 12.4 Å². The zero-order valence-corrected chi connectivity index (χ0v) is 11.8. The second kappa shape index (κ2) is 6.95. The van der Waals surface area contributed by atoms with Crippen LogP contribution in [0.25, 0.3) is 0 Å². The van der Waals surface area contributed by atoms with Gasteiger partial charge in [0.2, 0.25) is 0 Å². The SMILES string of the molecule is CC1CSCCN1Cc1cc(F)cc(C#CCO)c1. The van der Waals surface area contributed by atoms with Gasteiger partial charge in [-0.3, -0.25) is 4.90 Å².